The maximum Gasteiger partial charge on any atom is 0.335 e. The second-order valence-electron chi connectivity index (χ2n) is 2.96. The number of anilines is 1. The zero-order valence-electron chi connectivity index (χ0n) is 8.30. The Kier molecular flexibility index (Phi) is 3.23. The molecule has 4 nitrogen and oxygen atoms in total. The molecule has 1 amide bonds. The van der Waals surface area contributed by atoms with Gasteiger partial charge in [-0.3, -0.25) is 4.79 Å². The van der Waals surface area contributed by atoms with Crippen LogP contribution in [0.25, 0.3) is 0 Å². The fraction of sp³-hybridized carbons (Fsp3) is 0.0909. The summed E-state index contributed by atoms with van der Waals surface area (Å²) >= 11 is 0. The van der Waals surface area contributed by atoms with Crippen molar-refractivity contribution in [2.75, 3.05) is 11.9 Å². The number of nitrogens with zero attached hydrogens (tertiary/aromatic N) is 1. The minimum Gasteiger partial charge on any atom is -0.478 e. The summed E-state index contributed by atoms with van der Waals surface area (Å²) in [6, 6.07) is 6.15. The number of carbonyl (C=O) groups is 2. The van der Waals surface area contributed by atoms with E-state index >= 15 is 0 Å². The number of benzene rings is 1. The minimum absolute atomic E-state index is 0.149. The highest BCUT2D eigenvalue weighted by Gasteiger charge is 2.09. The van der Waals surface area contributed by atoms with E-state index in [9.17, 15) is 9.59 Å². The summed E-state index contributed by atoms with van der Waals surface area (Å²) in [4.78, 5) is 23.3. The fourth-order valence-corrected chi connectivity index (χ4v) is 1.11. The summed E-state index contributed by atoms with van der Waals surface area (Å²) in [6.45, 7) is 3.36. The van der Waals surface area contributed by atoms with E-state index in [1.54, 1.807) is 19.2 Å². The molecule has 4 heteroatoms. The third-order valence-electron chi connectivity index (χ3n) is 1.99. The van der Waals surface area contributed by atoms with E-state index in [2.05, 4.69) is 6.58 Å². The van der Waals surface area contributed by atoms with Crippen LogP contribution in [0.5, 0.6) is 0 Å². The van der Waals surface area contributed by atoms with Crippen molar-refractivity contribution in [1.29, 1.82) is 0 Å². The van der Waals surface area contributed by atoms with Crippen molar-refractivity contribution in [1.82, 2.24) is 0 Å². The van der Waals surface area contributed by atoms with Gasteiger partial charge in [0.2, 0.25) is 5.91 Å². The lowest BCUT2D eigenvalue weighted by Crippen LogP contribution is -2.23. The number of likely N-dealkylation sites (N-methyl/N-ethyl adjacent to an activating group) is 1. The van der Waals surface area contributed by atoms with Crippen LogP contribution in [0.1, 0.15) is 10.4 Å². The van der Waals surface area contributed by atoms with E-state index in [0.29, 0.717) is 5.69 Å². The highest BCUT2D eigenvalue weighted by Crippen LogP contribution is 2.15. The highest BCUT2D eigenvalue weighted by atomic mass is 16.4. The van der Waals surface area contributed by atoms with Gasteiger partial charge in [0.05, 0.1) is 5.56 Å². The molecule has 78 valence electrons. The Morgan fingerprint density at radius 2 is 2.13 bits per heavy atom. The van der Waals surface area contributed by atoms with Gasteiger partial charge in [-0.05, 0) is 24.3 Å². The highest BCUT2D eigenvalue weighted by molar-refractivity contribution is 6.01. The van der Waals surface area contributed by atoms with Gasteiger partial charge in [0, 0.05) is 12.7 Å². The molecule has 1 rings (SSSR count). The number of carboxylic acids is 1. The molecule has 0 aromatic heterocycles. The van der Waals surface area contributed by atoms with E-state index in [4.69, 9.17) is 5.11 Å². The number of rotatable bonds is 3. The first-order valence-electron chi connectivity index (χ1n) is 4.29. The predicted molar refractivity (Wildman–Crippen MR) is 57.0 cm³/mol. The molecule has 0 atom stereocenters. The van der Waals surface area contributed by atoms with E-state index in [0.717, 1.165) is 0 Å². The van der Waals surface area contributed by atoms with Gasteiger partial charge in [-0.15, -0.1) is 0 Å². The molecule has 15 heavy (non-hydrogen) atoms. The van der Waals surface area contributed by atoms with Gasteiger partial charge in [0.25, 0.3) is 0 Å². The standard InChI is InChI=1S/C11H11NO3/c1-3-10(13)12(2)9-6-4-5-8(7-9)11(14)15/h3-7H,1H2,2H3,(H,14,15). The number of hydrogen-bond acceptors (Lipinski definition) is 2. The van der Waals surface area contributed by atoms with Crippen molar-refractivity contribution in [3.8, 4) is 0 Å². The van der Waals surface area contributed by atoms with Crippen molar-refractivity contribution in [3.05, 3.63) is 42.5 Å². The molecule has 0 aliphatic carbocycles. The first-order valence-corrected chi connectivity index (χ1v) is 4.29. The van der Waals surface area contributed by atoms with E-state index in [-0.39, 0.29) is 11.5 Å². The summed E-state index contributed by atoms with van der Waals surface area (Å²) in [5.41, 5.74) is 0.677. The number of carbonyl (C=O) groups excluding carboxylic acids is 1. The van der Waals surface area contributed by atoms with Crippen LogP contribution >= 0.6 is 0 Å². The Morgan fingerprint density at radius 1 is 1.47 bits per heavy atom. The van der Waals surface area contributed by atoms with Crippen LogP contribution in [0.4, 0.5) is 5.69 Å². The van der Waals surface area contributed by atoms with Crippen LogP contribution in [0.2, 0.25) is 0 Å². The third-order valence-corrected chi connectivity index (χ3v) is 1.99. The Morgan fingerprint density at radius 3 is 2.67 bits per heavy atom. The van der Waals surface area contributed by atoms with Crippen molar-refractivity contribution in [2.45, 2.75) is 0 Å². The SMILES string of the molecule is C=CC(=O)N(C)c1cccc(C(=O)O)c1. The first kappa shape index (κ1) is 11.0. The molecule has 1 aromatic rings. The normalized spacial score (nSPS) is 9.40. The number of amides is 1. The van der Waals surface area contributed by atoms with Crippen LogP contribution < -0.4 is 4.90 Å². The maximum atomic E-state index is 11.3. The monoisotopic (exact) mass is 205 g/mol. The van der Waals surface area contributed by atoms with Gasteiger partial charge in [0.15, 0.2) is 0 Å². The molecule has 0 heterocycles. The lowest BCUT2D eigenvalue weighted by atomic mass is 10.2. The van der Waals surface area contributed by atoms with Crippen molar-refractivity contribution in [3.63, 3.8) is 0 Å². The largest absolute Gasteiger partial charge is 0.478 e. The topological polar surface area (TPSA) is 57.6 Å². The van der Waals surface area contributed by atoms with Gasteiger partial charge in [-0.25, -0.2) is 4.79 Å². The quantitative estimate of drug-likeness (QED) is 0.761. The molecule has 0 saturated heterocycles. The molecule has 0 aliphatic rings. The second kappa shape index (κ2) is 4.41. The molecule has 0 fully saturated rings. The molecular formula is C11H11NO3. The number of hydrogen-bond donors (Lipinski definition) is 1. The molecule has 0 aliphatic heterocycles. The van der Waals surface area contributed by atoms with Gasteiger partial charge in [-0.1, -0.05) is 12.6 Å². The predicted octanol–water partition coefficient (Wildman–Crippen LogP) is 1.53. The molecule has 0 radical (unpaired) electrons. The summed E-state index contributed by atoms with van der Waals surface area (Å²) in [5.74, 6) is -1.30. The summed E-state index contributed by atoms with van der Waals surface area (Å²) in [6.07, 6.45) is 1.17. The number of aromatic carboxylic acids is 1. The van der Waals surface area contributed by atoms with E-state index < -0.39 is 5.97 Å². The summed E-state index contributed by atoms with van der Waals surface area (Å²) in [5, 5.41) is 8.76. The average Bonchev–Trinajstić information content (AvgIpc) is 2.27. The van der Waals surface area contributed by atoms with Gasteiger partial charge in [0.1, 0.15) is 0 Å². The lowest BCUT2D eigenvalue weighted by molar-refractivity contribution is -0.113. The van der Waals surface area contributed by atoms with Gasteiger partial charge >= 0.3 is 5.97 Å². The molecule has 1 N–H and O–H groups in total. The smallest absolute Gasteiger partial charge is 0.335 e. The number of carboxylic acid groups (broad SMARTS) is 1. The van der Waals surface area contributed by atoms with Crippen LogP contribution in [0, 0.1) is 0 Å². The Labute approximate surface area is 87.4 Å². The summed E-state index contributed by atoms with van der Waals surface area (Å²) in [7, 11) is 1.56. The Balaban J connectivity index is 3.05. The average molecular weight is 205 g/mol. The van der Waals surface area contributed by atoms with E-state index in [1.165, 1.54) is 23.1 Å². The Bertz CT molecular complexity index is 412. The molecular weight excluding hydrogens is 194 g/mol. The van der Waals surface area contributed by atoms with Crippen LogP contribution in [0.15, 0.2) is 36.9 Å². The van der Waals surface area contributed by atoms with Gasteiger partial charge in [-0.2, -0.15) is 0 Å². The third kappa shape index (κ3) is 2.43. The molecule has 0 bridgehead atoms. The molecule has 0 unspecified atom stereocenters. The molecule has 0 spiro atoms. The van der Waals surface area contributed by atoms with Gasteiger partial charge < -0.3 is 10.0 Å². The maximum absolute atomic E-state index is 11.3. The fourth-order valence-electron chi connectivity index (χ4n) is 1.11. The first-order chi connectivity index (χ1) is 7.06. The second-order valence-corrected chi connectivity index (χ2v) is 2.96. The zero-order valence-corrected chi connectivity index (χ0v) is 8.30. The van der Waals surface area contributed by atoms with Crippen LogP contribution in [0.3, 0.4) is 0 Å². The minimum atomic E-state index is -1.02. The zero-order chi connectivity index (χ0) is 11.4. The van der Waals surface area contributed by atoms with Crippen LogP contribution in [-0.4, -0.2) is 24.0 Å². The van der Waals surface area contributed by atoms with Crippen LogP contribution in [-0.2, 0) is 4.79 Å². The summed E-state index contributed by atoms with van der Waals surface area (Å²) < 4.78 is 0. The Hall–Kier alpha value is -2.10. The van der Waals surface area contributed by atoms with Crippen molar-refractivity contribution in [2.24, 2.45) is 0 Å². The van der Waals surface area contributed by atoms with Crippen molar-refractivity contribution < 1.29 is 14.7 Å². The molecule has 0 saturated carbocycles. The molecule has 1 aromatic carbocycles. The van der Waals surface area contributed by atoms with E-state index in [1.807, 2.05) is 0 Å². The van der Waals surface area contributed by atoms with Crippen molar-refractivity contribution >= 4 is 17.6 Å². The lowest BCUT2D eigenvalue weighted by Gasteiger charge is -2.15.